The van der Waals surface area contributed by atoms with Crippen molar-refractivity contribution in [3.05, 3.63) is 23.8 Å². The van der Waals surface area contributed by atoms with Gasteiger partial charge in [0.15, 0.2) is 11.5 Å². The van der Waals surface area contributed by atoms with E-state index in [1.165, 1.54) is 18.2 Å². The van der Waals surface area contributed by atoms with Gasteiger partial charge in [-0.05, 0) is 31.4 Å². The highest BCUT2D eigenvalue weighted by molar-refractivity contribution is 7.80. The van der Waals surface area contributed by atoms with Crippen LogP contribution in [0.25, 0.3) is 0 Å². The van der Waals surface area contributed by atoms with Crippen molar-refractivity contribution in [1.29, 1.82) is 0 Å². The molecule has 2 rings (SSSR count). The lowest BCUT2D eigenvalue weighted by molar-refractivity contribution is 0.0677. The second-order valence-electron chi connectivity index (χ2n) is 4.59. The van der Waals surface area contributed by atoms with Crippen LogP contribution in [0, 0.1) is 0 Å². The average molecular weight is 280 g/mol. The van der Waals surface area contributed by atoms with Crippen molar-refractivity contribution < 1.29 is 15.0 Å². The number of phenols is 2. The summed E-state index contributed by atoms with van der Waals surface area (Å²) < 4.78 is 0. The van der Waals surface area contributed by atoms with Crippen LogP contribution in [0.5, 0.6) is 11.5 Å². The van der Waals surface area contributed by atoms with Crippen LogP contribution in [0.2, 0.25) is 0 Å². The van der Waals surface area contributed by atoms with Gasteiger partial charge in [-0.2, -0.15) is 0 Å². The number of piperidine rings is 1. The van der Waals surface area contributed by atoms with Gasteiger partial charge in [-0.25, -0.2) is 0 Å². The first-order valence-corrected chi connectivity index (χ1v) is 6.54. The molecule has 0 radical (unpaired) electrons. The molecule has 102 valence electrons. The lowest BCUT2D eigenvalue weighted by Gasteiger charge is -2.35. The Bertz CT molecular complexity index is 519. The lowest BCUT2D eigenvalue weighted by Crippen LogP contribution is -2.49. The highest BCUT2D eigenvalue weighted by Gasteiger charge is 2.30. The maximum absolute atomic E-state index is 12.4. The molecule has 5 nitrogen and oxygen atoms in total. The van der Waals surface area contributed by atoms with Crippen molar-refractivity contribution in [3.8, 4) is 11.5 Å². The minimum absolute atomic E-state index is 0.0724. The molecule has 1 aromatic rings. The van der Waals surface area contributed by atoms with Gasteiger partial charge in [-0.3, -0.25) is 4.79 Å². The monoisotopic (exact) mass is 280 g/mol. The molecule has 1 aliphatic rings. The van der Waals surface area contributed by atoms with Crippen LogP contribution in [0.3, 0.4) is 0 Å². The van der Waals surface area contributed by atoms with Gasteiger partial charge in [-0.1, -0.05) is 18.3 Å². The number of hydrogen-bond acceptors (Lipinski definition) is 4. The van der Waals surface area contributed by atoms with Gasteiger partial charge in [0.1, 0.15) is 0 Å². The smallest absolute Gasteiger partial charge is 0.258 e. The fourth-order valence-corrected chi connectivity index (χ4v) is 2.57. The van der Waals surface area contributed by atoms with Crippen LogP contribution in [0.4, 0.5) is 0 Å². The minimum Gasteiger partial charge on any atom is -0.504 e. The van der Waals surface area contributed by atoms with Crippen LogP contribution in [-0.2, 0) is 0 Å². The van der Waals surface area contributed by atoms with Crippen molar-refractivity contribution in [1.82, 2.24) is 4.90 Å². The van der Waals surface area contributed by atoms with Crippen molar-refractivity contribution in [2.75, 3.05) is 6.54 Å². The highest BCUT2D eigenvalue weighted by atomic mass is 32.1. The molecular formula is C13H16N2O3S. The topological polar surface area (TPSA) is 86.8 Å². The summed E-state index contributed by atoms with van der Waals surface area (Å²) in [7, 11) is 0. The van der Waals surface area contributed by atoms with E-state index in [1.807, 2.05) is 0 Å². The number of nitrogens with zero attached hydrogens (tertiary/aromatic N) is 1. The summed E-state index contributed by atoms with van der Waals surface area (Å²) in [4.78, 5) is 14.3. The van der Waals surface area contributed by atoms with Gasteiger partial charge >= 0.3 is 0 Å². The molecule has 1 heterocycles. The zero-order chi connectivity index (χ0) is 14.0. The number of nitrogens with two attached hydrogens (primary N) is 1. The molecule has 4 N–H and O–H groups in total. The van der Waals surface area contributed by atoms with Crippen LogP contribution in [0.15, 0.2) is 18.2 Å². The summed E-state index contributed by atoms with van der Waals surface area (Å²) in [5.74, 6) is -1.07. The van der Waals surface area contributed by atoms with E-state index in [0.29, 0.717) is 6.54 Å². The van der Waals surface area contributed by atoms with E-state index < -0.39 is 5.75 Å². The number of rotatable bonds is 2. The average Bonchev–Trinajstić information content (AvgIpc) is 2.41. The largest absolute Gasteiger partial charge is 0.504 e. The molecule has 1 atom stereocenters. The number of likely N-dealkylation sites (tertiary alicyclic amines) is 1. The lowest BCUT2D eigenvalue weighted by atomic mass is 10.0. The van der Waals surface area contributed by atoms with E-state index in [0.717, 1.165) is 19.3 Å². The number of carbonyl (C=O) groups excluding carboxylic acids is 1. The van der Waals surface area contributed by atoms with E-state index in [1.54, 1.807) is 4.90 Å². The zero-order valence-corrected chi connectivity index (χ0v) is 11.2. The molecule has 0 aromatic heterocycles. The predicted octanol–water partition coefficient (Wildman–Crippen LogP) is 1.38. The molecule has 1 saturated heterocycles. The van der Waals surface area contributed by atoms with Crippen molar-refractivity contribution in [3.63, 3.8) is 0 Å². The third kappa shape index (κ3) is 2.63. The van der Waals surface area contributed by atoms with E-state index in [2.05, 4.69) is 0 Å². The fourth-order valence-electron chi connectivity index (χ4n) is 2.33. The third-order valence-electron chi connectivity index (χ3n) is 3.34. The first-order chi connectivity index (χ1) is 9.02. The molecule has 0 aliphatic carbocycles. The number of para-hydroxylation sites is 1. The standard InChI is InChI=1S/C13H16N2O3S/c14-12(19)9-5-1-2-7-15(9)13(18)8-4-3-6-10(16)11(8)17/h3-4,6,9,16-17H,1-2,5,7H2,(H2,14,19). The molecule has 6 heteroatoms. The number of carbonyl (C=O) groups is 1. The first-order valence-electron chi connectivity index (χ1n) is 6.13. The Labute approximate surface area is 116 Å². The summed E-state index contributed by atoms with van der Waals surface area (Å²) in [6, 6.07) is 4.04. The molecule has 0 saturated carbocycles. The van der Waals surface area contributed by atoms with Gasteiger partial charge in [0.05, 0.1) is 16.6 Å². The molecule has 1 unspecified atom stereocenters. The second kappa shape index (κ2) is 5.44. The second-order valence-corrected chi connectivity index (χ2v) is 5.06. The van der Waals surface area contributed by atoms with Crippen LogP contribution in [0.1, 0.15) is 29.6 Å². The Morgan fingerprint density at radius 3 is 2.79 bits per heavy atom. The molecule has 1 fully saturated rings. The summed E-state index contributed by atoms with van der Waals surface area (Å²) in [6.07, 6.45) is 2.59. The van der Waals surface area contributed by atoms with Crippen LogP contribution in [-0.4, -0.2) is 38.6 Å². The van der Waals surface area contributed by atoms with Crippen molar-refractivity contribution in [2.45, 2.75) is 25.3 Å². The Morgan fingerprint density at radius 2 is 2.11 bits per heavy atom. The molecule has 1 aliphatic heterocycles. The molecular weight excluding hydrogens is 264 g/mol. The van der Waals surface area contributed by atoms with Gasteiger partial charge in [0, 0.05) is 6.54 Å². The predicted molar refractivity (Wildman–Crippen MR) is 75.2 cm³/mol. The molecule has 0 spiro atoms. The van der Waals surface area contributed by atoms with Crippen molar-refractivity contribution >= 4 is 23.1 Å². The Hall–Kier alpha value is -1.82. The van der Waals surface area contributed by atoms with Gasteiger partial charge in [-0.15, -0.1) is 0 Å². The number of benzene rings is 1. The van der Waals surface area contributed by atoms with E-state index >= 15 is 0 Å². The summed E-state index contributed by atoms with van der Waals surface area (Å²) in [6.45, 7) is 0.552. The first kappa shape index (κ1) is 13.6. The number of amides is 1. The maximum Gasteiger partial charge on any atom is 0.258 e. The normalized spacial score (nSPS) is 19.2. The molecule has 1 aromatic carbocycles. The molecule has 0 bridgehead atoms. The Morgan fingerprint density at radius 1 is 1.37 bits per heavy atom. The highest BCUT2D eigenvalue weighted by Crippen LogP contribution is 2.30. The number of thiocarbonyl (C=S) groups is 1. The van der Waals surface area contributed by atoms with Crippen molar-refractivity contribution in [2.24, 2.45) is 5.73 Å². The minimum atomic E-state index is -0.403. The van der Waals surface area contributed by atoms with Gasteiger partial charge in [0.25, 0.3) is 5.91 Å². The third-order valence-corrected chi connectivity index (χ3v) is 3.61. The summed E-state index contributed by atoms with van der Waals surface area (Å²) in [5.41, 5.74) is 5.74. The number of hydrogen-bond donors (Lipinski definition) is 3. The van der Waals surface area contributed by atoms with E-state index in [4.69, 9.17) is 18.0 Å². The molecule has 1 amide bonds. The fraction of sp³-hybridized carbons (Fsp3) is 0.385. The summed E-state index contributed by atoms with van der Waals surface area (Å²) >= 11 is 4.99. The molecule has 19 heavy (non-hydrogen) atoms. The zero-order valence-electron chi connectivity index (χ0n) is 10.4. The Kier molecular flexibility index (Phi) is 3.90. The van der Waals surface area contributed by atoms with Gasteiger partial charge in [0.2, 0.25) is 0 Å². The van der Waals surface area contributed by atoms with Gasteiger partial charge < -0.3 is 20.8 Å². The Balaban J connectivity index is 2.31. The SMILES string of the molecule is NC(=S)C1CCCCN1C(=O)c1cccc(O)c1O. The van der Waals surface area contributed by atoms with Crippen LogP contribution < -0.4 is 5.73 Å². The number of phenolic OH excluding ortho intramolecular Hbond substituents is 2. The summed E-state index contributed by atoms with van der Waals surface area (Å²) in [5, 5.41) is 19.2. The van der Waals surface area contributed by atoms with E-state index in [9.17, 15) is 15.0 Å². The quantitative estimate of drug-likeness (QED) is 0.563. The number of aromatic hydroxyl groups is 2. The van der Waals surface area contributed by atoms with Crippen LogP contribution >= 0.6 is 12.2 Å². The van der Waals surface area contributed by atoms with E-state index in [-0.39, 0.29) is 28.3 Å². The maximum atomic E-state index is 12.4.